The Labute approximate surface area is 156 Å². The van der Waals surface area contributed by atoms with E-state index in [2.05, 4.69) is 15.3 Å². The van der Waals surface area contributed by atoms with Gasteiger partial charge in [0.25, 0.3) is 5.91 Å². The molecule has 0 aliphatic carbocycles. The number of amidine groups is 1. The molecule has 3 aliphatic rings. The van der Waals surface area contributed by atoms with Crippen molar-refractivity contribution in [2.75, 3.05) is 17.8 Å². The molecule has 0 radical (unpaired) electrons. The number of nitrogens with zero attached hydrogens (tertiary/aromatic N) is 4. The van der Waals surface area contributed by atoms with Crippen LogP contribution in [-0.2, 0) is 10.4 Å². The van der Waals surface area contributed by atoms with Gasteiger partial charge < -0.3 is 10.4 Å². The molecule has 0 spiro atoms. The molecule has 2 bridgehead atoms. The normalized spacial score (nSPS) is 29.0. The Bertz CT molecular complexity index is 833. The van der Waals surface area contributed by atoms with E-state index in [0.29, 0.717) is 36.5 Å². The summed E-state index contributed by atoms with van der Waals surface area (Å²) < 4.78 is 0. The van der Waals surface area contributed by atoms with Gasteiger partial charge in [-0.05, 0) is 38.2 Å². The molecule has 0 saturated carbocycles. The van der Waals surface area contributed by atoms with Gasteiger partial charge in [-0.3, -0.25) is 4.79 Å². The van der Waals surface area contributed by atoms with Crippen molar-refractivity contribution >= 4 is 28.7 Å². The van der Waals surface area contributed by atoms with Crippen LogP contribution >= 0.6 is 11.8 Å². The van der Waals surface area contributed by atoms with E-state index >= 15 is 0 Å². The summed E-state index contributed by atoms with van der Waals surface area (Å²) in [7, 11) is 0. The first kappa shape index (κ1) is 17.1. The number of rotatable bonds is 0. The maximum Gasteiger partial charge on any atom is 0.274 e. The number of fused-ring (bicyclic) bond motifs is 6. The van der Waals surface area contributed by atoms with Gasteiger partial charge in [0.1, 0.15) is 11.4 Å². The highest BCUT2D eigenvalue weighted by molar-refractivity contribution is 8.13. The van der Waals surface area contributed by atoms with E-state index in [1.807, 2.05) is 41.6 Å². The number of carbonyl (C=O) groups excluding carboxylic acids is 1. The van der Waals surface area contributed by atoms with Crippen LogP contribution < -0.4 is 10.3 Å². The summed E-state index contributed by atoms with van der Waals surface area (Å²) in [5.74, 6) is 0.531. The molecule has 3 aliphatic heterocycles. The lowest BCUT2D eigenvalue weighted by Gasteiger charge is -2.33. The highest BCUT2D eigenvalue weighted by atomic mass is 32.2. The van der Waals surface area contributed by atoms with Crippen LogP contribution in [0.15, 0.2) is 47.1 Å². The lowest BCUT2D eigenvalue weighted by Crippen LogP contribution is -2.51. The Balaban J connectivity index is 1.82. The number of pyridine rings is 1. The van der Waals surface area contributed by atoms with Crippen molar-refractivity contribution in [2.45, 2.75) is 31.5 Å². The summed E-state index contributed by atoms with van der Waals surface area (Å²) in [5.41, 5.74) is 0.168. The van der Waals surface area contributed by atoms with Gasteiger partial charge in [-0.1, -0.05) is 30.0 Å². The van der Waals surface area contributed by atoms with Gasteiger partial charge in [0.2, 0.25) is 0 Å². The van der Waals surface area contributed by atoms with Crippen LogP contribution in [-0.4, -0.2) is 45.1 Å². The molecule has 1 saturated heterocycles. The summed E-state index contributed by atoms with van der Waals surface area (Å²) in [6.07, 6.45) is 8.46. The monoisotopic (exact) mass is 371 g/mol. The minimum Gasteiger partial charge on any atom is -0.384 e. The fourth-order valence-electron chi connectivity index (χ4n) is 3.36. The number of carbonyl (C=O) groups is 1. The lowest BCUT2D eigenvalue weighted by molar-refractivity contribution is -0.124. The molecular weight excluding hydrogens is 350 g/mol. The average molecular weight is 371 g/mol. The van der Waals surface area contributed by atoms with E-state index in [9.17, 15) is 9.90 Å². The van der Waals surface area contributed by atoms with Gasteiger partial charge in [-0.25, -0.2) is 20.0 Å². The summed E-state index contributed by atoms with van der Waals surface area (Å²) in [5, 5.41) is 18.4. The van der Waals surface area contributed by atoms with Crippen molar-refractivity contribution in [3.8, 4) is 0 Å². The zero-order chi connectivity index (χ0) is 18.3. The number of aliphatic hydroxyl groups is 1. The molecular formula is C18H21N5O2S. The van der Waals surface area contributed by atoms with Crippen LogP contribution in [0, 0.1) is 0 Å². The number of hydrazine groups is 1. The summed E-state index contributed by atoms with van der Waals surface area (Å²) in [6, 6.07) is 5.55. The van der Waals surface area contributed by atoms with Crippen LogP contribution in [0.2, 0.25) is 0 Å². The molecule has 4 rings (SSSR count). The molecule has 1 amide bonds. The number of aliphatic imine (C=N–C) groups is 1. The molecule has 8 heteroatoms. The number of hydrogen-bond donors (Lipinski definition) is 2. The predicted octanol–water partition coefficient (Wildman–Crippen LogP) is 1.73. The standard InChI is InChI=1S/C18H21N5O2S/c1-18(25)9-4-3-5-10-22-16(24)12-11-19-17(26-2)21-15(12)23(22)14-8-6-7-13(18)20-14/h3,5-8,11,15,25H,4,9-10H2,1-2H3,(H,19,21)/b5-3-. The largest absolute Gasteiger partial charge is 0.384 e. The number of allylic oxidation sites excluding steroid dienone is 1. The summed E-state index contributed by atoms with van der Waals surface area (Å²) in [4.78, 5) is 21.9. The van der Waals surface area contributed by atoms with Gasteiger partial charge in [0, 0.05) is 6.20 Å². The van der Waals surface area contributed by atoms with Crippen LogP contribution in [0.1, 0.15) is 25.5 Å². The molecule has 7 nitrogen and oxygen atoms in total. The van der Waals surface area contributed by atoms with Crippen molar-refractivity contribution in [3.05, 3.63) is 47.8 Å². The van der Waals surface area contributed by atoms with Crippen LogP contribution in [0.5, 0.6) is 0 Å². The van der Waals surface area contributed by atoms with E-state index < -0.39 is 5.60 Å². The van der Waals surface area contributed by atoms with Gasteiger partial charge in [0.15, 0.2) is 11.3 Å². The molecule has 2 atom stereocenters. The van der Waals surface area contributed by atoms with E-state index in [1.54, 1.807) is 18.1 Å². The number of hydrogen-bond acceptors (Lipinski definition) is 7. The first-order chi connectivity index (χ1) is 12.5. The number of nitrogens with one attached hydrogen (secondary N) is 1. The minimum absolute atomic E-state index is 0.0886. The second-order valence-corrected chi connectivity index (χ2v) is 7.46. The Morgan fingerprint density at radius 3 is 3.04 bits per heavy atom. The number of anilines is 1. The van der Waals surface area contributed by atoms with E-state index in [1.165, 1.54) is 11.8 Å². The third-order valence-electron chi connectivity index (χ3n) is 4.82. The topological polar surface area (TPSA) is 81.1 Å². The van der Waals surface area contributed by atoms with Crippen LogP contribution in [0.3, 0.4) is 0 Å². The quantitative estimate of drug-likeness (QED) is 0.676. The Kier molecular flexibility index (Phi) is 4.24. The molecule has 4 heterocycles. The zero-order valence-electron chi connectivity index (χ0n) is 14.7. The molecule has 1 fully saturated rings. The van der Waals surface area contributed by atoms with Gasteiger partial charge >= 0.3 is 0 Å². The highest BCUT2D eigenvalue weighted by Crippen LogP contribution is 2.33. The fraction of sp³-hybridized carbons (Fsp3) is 0.389. The molecule has 136 valence electrons. The maximum absolute atomic E-state index is 12.9. The molecule has 0 aromatic carbocycles. The van der Waals surface area contributed by atoms with Gasteiger partial charge in [-0.15, -0.1) is 0 Å². The fourth-order valence-corrected chi connectivity index (χ4v) is 3.74. The number of amides is 1. The Morgan fingerprint density at radius 2 is 2.23 bits per heavy atom. The first-order valence-corrected chi connectivity index (χ1v) is 9.78. The van der Waals surface area contributed by atoms with Crippen molar-refractivity contribution in [1.82, 2.24) is 15.3 Å². The third kappa shape index (κ3) is 2.79. The summed E-state index contributed by atoms with van der Waals surface area (Å²) >= 11 is 1.49. The number of thioether (sulfide) groups is 1. The van der Waals surface area contributed by atoms with Crippen molar-refractivity contribution in [3.63, 3.8) is 0 Å². The zero-order valence-corrected chi connectivity index (χ0v) is 15.5. The number of aromatic nitrogens is 1. The van der Waals surface area contributed by atoms with Gasteiger partial charge in [-0.2, -0.15) is 0 Å². The molecule has 1 aromatic rings. The first-order valence-electron chi connectivity index (χ1n) is 8.55. The van der Waals surface area contributed by atoms with Crippen LogP contribution in [0.4, 0.5) is 5.82 Å². The second-order valence-electron chi connectivity index (χ2n) is 6.67. The van der Waals surface area contributed by atoms with Crippen molar-refractivity contribution in [2.24, 2.45) is 4.99 Å². The maximum atomic E-state index is 12.9. The molecule has 1 aromatic heterocycles. The van der Waals surface area contributed by atoms with Crippen molar-refractivity contribution < 1.29 is 9.90 Å². The lowest BCUT2D eigenvalue weighted by atomic mass is 9.95. The van der Waals surface area contributed by atoms with E-state index in [-0.39, 0.29) is 12.1 Å². The second kappa shape index (κ2) is 6.44. The predicted molar refractivity (Wildman–Crippen MR) is 102 cm³/mol. The van der Waals surface area contributed by atoms with E-state index in [0.717, 1.165) is 5.17 Å². The molecule has 26 heavy (non-hydrogen) atoms. The third-order valence-corrected chi connectivity index (χ3v) is 5.43. The minimum atomic E-state index is -1.02. The smallest absolute Gasteiger partial charge is 0.274 e. The van der Waals surface area contributed by atoms with Gasteiger partial charge in [0.05, 0.1) is 17.8 Å². The van der Waals surface area contributed by atoms with E-state index in [4.69, 9.17) is 0 Å². The van der Waals surface area contributed by atoms with Crippen LogP contribution in [0.25, 0.3) is 0 Å². The Hall–Kier alpha value is -2.32. The SMILES string of the molecule is CSC1=NC=C2C(=O)N3C/C=C\CCC(C)(O)c4cccc(n4)N3C2N1. The molecule has 2 unspecified atom stereocenters. The van der Waals surface area contributed by atoms with Crippen molar-refractivity contribution in [1.29, 1.82) is 0 Å². The highest BCUT2D eigenvalue weighted by Gasteiger charge is 2.45. The summed E-state index contributed by atoms with van der Waals surface area (Å²) in [6.45, 7) is 2.22. The Morgan fingerprint density at radius 1 is 1.38 bits per heavy atom. The average Bonchev–Trinajstić information content (AvgIpc) is 2.91. The molecule has 2 N–H and O–H groups in total.